The zero-order chi connectivity index (χ0) is 22.4. The molecule has 30 heavy (non-hydrogen) atoms. The first-order valence-corrected chi connectivity index (χ1v) is 15.5. The van der Waals surface area contributed by atoms with Crippen molar-refractivity contribution in [2.24, 2.45) is 5.92 Å². The Morgan fingerprint density at radius 2 is 1.47 bits per heavy atom. The van der Waals surface area contributed by atoms with Crippen molar-refractivity contribution in [3.63, 3.8) is 0 Å². The summed E-state index contributed by atoms with van der Waals surface area (Å²) in [4.78, 5) is 0.407. The molecule has 0 N–H and O–H groups in total. The van der Waals surface area contributed by atoms with Crippen LogP contribution in [-0.4, -0.2) is 28.6 Å². The summed E-state index contributed by atoms with van der Waals surface area (Å²) in [5.41, 5.74) is 1.30. The van der Waals surface area contributed by atoms with E-state index < -0.39 is 18.2 Å². The third-order valence-electron chi connectivity index (χ3n) is 6.29. The van der Waals surface area contributed by atoms with Crippen LogP contribution in [0.3, 0.4) is 0 Å². The van der Waals surface area contributed by atoms with Crippen LogP contribution in [0.25, 0.3) is 0 Å². The van der Waals surface area contributed by atoms with Crippen molar-refractivity contribution in [2.75, 3.05) is 5.75 Å². The zero-order valence-corrected chi connectivity index (χ0v) is 21.2. The molecule has 0 unspecified atom stereocenters. The number of hydrogen-bond acceptors (Lipinski definition) is 3. The molecule has 0 aliphatic carbocycles. The second-order valence-electron chi connectivity index (χ2n) is 9.86. The molecule has 2 rings (SSSR count). The Morgan fingerprint density at radius 3 is 2.00 bits per heavy atom. The first kappa shape index (κ1) is 24.8. The first-order valence-electron chi connectivity index (χ1n) is 10.9. The van der Waals surface area contributed by atoms with E-state index in [9.17, 15) is 8.42 Å². The van der Waals surface area contributed by atoms with E-state index in [4.69, 9.17) is 4.43 Å². The predicted octanol–water partition coefficient (Wildman–Crippen LogP) is 6.51. The van der Waals surface area contributed by atoms with Gasteiger partial charge in [-0.3, -0.25) is 0 Å². The molecule has 0 spiro atoms. The fourth-order valence-electron chi connectivity index (χ4n) is 3.35. The Kier molecular flexibility index (Phi) is 8.49. The van der Waals surface area contributed by atoms with E-state index >= 15 is 0 Å². The van der Waals surface area contributed by atoms with Gasteiger partial charge in [-0.2, -0.15) is 0 Å². The second-order valence-corrected chi connectivity index (χ2v) is 16.7. The van der Waals surface area contributed by atoms with Crippen LogP contribution < -0.4 is 0 Å². The van der Waals surface area contributed by atoms with Crippen molar-refractivity contribution < 1.29 is 12.8 Å². The lowest BCUT2D eigenvalue weighted by atomic mass is 9.93. The van der Waals surface area contributed by atoms with Gasteiger partial charge in [0.05, 0.1) is 10.6 Å². The van der Waals surface area contributed by atoms with Crippen molar-refractivity contribution in [1.82, 2.24) is 0 Å². The molecular formula is C25H38O3SSi. The van der Waals surface area contributed by atoms with Crippen LogP contribution in [0.15, 0.2) is 65.6 Å². The van der Waals surface area contributed by atoms with Crippen molar-refractivity contribution in [1.29, 1.82) is 0 Å². The third-order valence-corrected chi connectivity index (χ3v) is 12.6. The molecule has 0 aliphatic heterocycles. The standard InChI is InChI=1S/C25H38O3SSi/c1-21(20-22-14-9-7-10-15-22)24(28-30(5,6)25(2,3)4)18-13-19-29(26,27)23-16-11-8-12-17-23/h7-12,14-17,21,24H,13,18-20H2,1-6H3/t21-,24-/m1/s1. The van der Waals surface area contributed by atoms with Crippen molar-refractivity contribution in [3.8, 4) is 0 Å². The smallest absolute Gasteiger partial charge is 0.192 e. The van der Waals surface area contributed by atoms with Gasteiger partial charge in [-0.25, -0.2) is 8.42 Å². The molecule has 166 valence electrons. The lowest BCUT2D eigenvalue weighted by Crippen LogP contribution is -2.45. The van der Waals surface area contributed by atoms with Crippen LogP contribution in [0.5, 0.6) is 0 Å². The lowest BCUT2D eigenvalue weighted by Gasteiger charge is -2.41. The van der Waals surface area contributed by atoms with Gasteiger partial charge in [0.25, 0.3) is 0 Å². The molecule has 3 nitrogen and oxygen atoms in total. The zero-order valence-electron chi connectivity index (χ0n) is 19.4. The number of benzene rings is 2. The predicted molar refractivity (Wildman–Crippen MR) is 129 cm³/mol. The average molecular weight is 447 g/mol. The van der Waals surface area contributed by atoms with Gasteiger partial charge in [0.1, 0.15) is 0 Å². The molecule has 5 heteroatoms. The molecule has 0 saturated carbocycles. The summed E-state index contributed by atoms with van der Waals surface area (Å²) in [5.74, 6) is 0.479. The normalized spacial score (nSPS) is 15.0. The van der Waals surface area contributed by atoms with Crippen LogP contribution in [0.1, 0.15) is 46.1 Å². The Morgan fingerprint density at radius 1 is 0.933 bits per heavy atom. The summed E-state index contributed by atoms with van der Waals surface area (Å²) in [7, 11) is -5.21. The van der Waals surface area contributed by atoms with Crippen LogP contribution in [-0.2, 0) is 20.7 Å². The topological polar surface area (TPSA) is 43.4 Å². The maximum absolute atomic E-state index is 12.7. The van der Waals surface area contributed by atoms with Gasteiger partial charge in [-0.15, -0.1) is 0 Å². The fourth-order valence-corrected chi connectivity index (χ4v) is 6.17. The van der Waals surface area contributed by atoms with E-state index in [2.05, 4.69) is 65.1 Å². The summed E-state index contributed by atoms with van der Waals surface area (Å²) >= 11 is 0. The Balaban J connectivity index is 2.10. The minimum Gasteiger partial charge on any atom is -0.414 e. The number of sulfone groups is 1. The summed E-state index contributed by atoms with van der Waals surface area (Å²) < 4.78 is 32.2. The Hall–Kier alpha value is -1.43. The highest BCUT2D eigenvalue weighted by Gasteiger charge is 2.40. The van der Waals surface area contributed by atoms with E-state index in [1.54, 1.807) is 24.3 Å². The summed E-state index contributed by atoms with van der Waals surface area (Å²) in [6.07, 6.45) is 2.35. The van der Waals surface area contributed by atoms with Crippen molar-refractivity contribution >= 4 is 18.2 Å². The molecule has 2 aromatic rings. The lowest BCUT2D eigenvalue weighted by molar-refractivity contribution is 0.116. The van der Waals surface area contributed by atoms with Crippen molar-refractivity contribution in [3.05, 3.63) is 66.2 Å². The van der Waals surface area contributed by atoms with E-state index in [1.165, 1.54) is 5.56 Å². The molecule has 0 saturated heterocycles. The Bertz CT molecular complexity index is 872. The molecule has 2 aromatic carbocycles. The highest BCUT2D eigenvalue weighted by molar-refractivity contribution is 7.91. The van der Waals surface area contributed by atoms with Gasteiger partial charge in [0.15, 0.2) is 18.2 Å². The minimum atomic E-state index is -3.26. The van der Waals surface area contributed by atoms with E-state index in [1.807, 2.05) is 12.1 Å². The average Bonchev–Trinajstić information content (AvgIpc) is 2.67. The van der Waals surface area contributed by atoms with Gasteiger partial charge in [-0.1, -0.05) is 76.2 Å². The van der Waals surface area contributed by atoms with Gasteiger partial charge in [0, 0.05) is 6.10 Å². The van der Waals surface area contributed by atoms with Gasteiger partial charge in [-0.05, 0) is 61.0 Å². The fraction of sp³-hybridized carbons (Fsp3) is 0.520. The summed E-state index contributed by atoms with van der Waals surface area (Å²) in [5, 5.41) is 0.119. The molecular weight excluding hydrogens is 408 g/mol. The Labute approximate surface area is 184 Å². The molecule has 0 radical (unpaired) electrons. The maximum Gasteiger partial charge on any atom is 0.192 e. The molecule has 0 aromatic heterocycles. The SMILES string of the molecule is C[C@H](Cc1ccccc1)[C@@H](CCCS(=O)(=O)c1ccccc1)O[Si](C)(C)C(C)(C)C. The third kappa shape index (κ3) is 7.07. The van der Waals surface area contributed by atoms with E-state index in [0.717, 1.165) is 12.8 Å². The van der Waals surface area contributed by atoms with E-state index in [-0.39, 0.29) is 16.9 Å². The molecule has 0 aliphatic rings. The van der Waals surface area contributed by atoms with Crippen LogP contribution >= 0.6 is 0 Å². The molecule has 2 atom stereocenters. The number of rotatable bonds is 10. The second kappa shape index (κ2) is 10.3. The largest absolute Gasteiger partial charge is 0.414 e. The number of hydrogen-bond donors (Lipinski definition) is 0. The minimum absolute atomic E-state index is 0.0528. The molecule has 0 heterocycles. The highest BCUT2D eigenvalue weighted by atomic mass is 32.2. The quantitative estimate of drug-likeness (QED) is 0.391. The maximum atomic E-state index is 12.7. The molecule has 0 bridgehead atoms. The first-order chi connectivity index (χ1) is 13.9. The molecule has 0 fully saturated rings. The van der Waals surface area contributed by atoms with Crippen LogP contribution in [0, 0.1) is 5.92 Å². The molecule has 0 amide bonds. The summed E-state index contributed by atoms with van der Waals surface area (Å²) in [6, 6.07) is 19.2. The van der Waals surface area contributed by atoms with Gasteiger partial charge in [0.2, 0.25) is 0 Å². The van der Waals surface area contributed by atoms with Gasteiger partial charge >= 0.3 is 0 Å². The highest BCUT2D eigenvalue weighted by Crippen LogP contribution is 2.39. The van der Waals surface area contributed by atoms with E-state index in [0.29, 0.717) is 17.2 Å². The van der Waals surface area contributed by atoms with Crippen molar-refractivity contribution in [2.45, 2.75) is 76.1 Å². The van der Waals surface area contributed by atoms with Crippen LogP contribution in [0.2, 0.25) is 18.1 Å². The van der Waals surface area contributed by atoms with Gasteiger partial charge < -0.3 is 4.43 Å². The summed E-state index contributed by atoms with van der Waals surface area (Å²) in [6.45, 7) is 13.5. The monoisotopic (exact) mass is 446 g/mol. The van der Waals surface area contributed by atoms with Crippen LogP contribution in [0.4, 0.5) is 0 Å².